The Hall–Kier alpha value is -1.06. The summed E-state index contributed by atoms with van der Waals surface area (Å²) in [4.78, 5) is 0. The summed E-state index contributed by atoms with van der Waals surface area (Å²) < 4.78 is 5.08. The van der Waals surface area contributed by atoms with Crippen LogP contribution in [-0.4, -0.2) is 18.8 Å². The number of aliphatic hydroxyl groups is 1. The maximum Gasteiger partial charge on any atom is 0.119 e. The molecule has 0 aliphatic heterocycles. The van der Waals surface area contributed by atoms with Crippen LogP contribution in [0.4, 0.5) is 0 Å². The van der Waals surface area contributed by atoms with Gasteiger partial charge in [0.1, 0.15) is 5.75 Å². The summed E-state index contributed by atoms with van der Waals surface area (Å²) in [5.74, 6) is 0.752. The first-order valence-electron chi connectivity index (χ1n) is 4.21. The van der Waals surface area contributed by atoms with Gasteiger partial charge in [-0.25, -0.2) is 0 Å². The molecule has 1 unspecified atom stereocenters. The quantitative estimate of drug-likeness (QED) is 0.731. The number of aliphatic hydroxyl groups excluding tert-OH is 1. The average Bonchev–Trinajstić information content (AvgIpc) is 2.15. The monoisotopic (exact) mass is 181 g/mol. The molecule has 3 N–H and O–H groups in total. The minimum atomic E-state index is -0.603. The highest BCUT2D eigenvalue weighted by atomic mass is 16.5. The number of benzene rings is 1. The lowest BCUT2D eigenvalue weighted by atomic mass is 10.1. The van der Waals surface area contributed by atoms with E-state index in [-0.39, 0.29) is 6.54 Å². The van der Waals surface area contributed by atoms with Crippen LogP contribution in [0.1, 0.15) is 17.2 Å². The van der Waals surface area contributed by atoms with E-state index in [2.05, 4.69) is 0 Å². The molecular weight excluding hydrogens is 166 g/mol. The van der Waals surface area contributed by atoms with Gasteiger partial charge in [0.25, 0.3) is 0 Å². The first-order valence-corrected chi connectivity index (χ1v) is 4.21. The molecule has 0 fully saturated rings. The standard InChI is InChI=1S/C10H15NO2/c1-7-3-8(10(12)6-11)5-9(4-7)13-2/h3-5,10,12H,6,11H2,1-2H3. The summed E-state index contributed by atoms with van der Waals surface area (Å²) in [6, 6.07) is 5.61. The minimum Gasteiger partial charge on any atom is -0.497 e. The van der Waals surface area contributed by atoms with Gasteiger partial charge in [0.15, 0.2) is 0 Å². The Bertz CT molecular complexity index is 286. The predicted molar refractivity (Wildman–Crippen MR) is 51.7 cm³/mol. The van der Waals surface area contributed by atoms with E-state index in [9.17, 15) is 5.11 Å². The number of rotatable bonds is 3. The zero-order valence-electron chi connectivity index (χ0n) is 7.95. The van der Waals surface area contributed by atoms with Crippen LogP contribution in [0.2, 0.25) is 0 Å². The zero-order valence-corrected chi connectivity index (χ0v) is 7.95. The smallest absolute Gasteiger partial charge is 0.119 e. The van der Waals surface area contributed by atoms with Crippen molar-refractivity contribution < 1.29 is 9.84 Å². The third-order valence-corrected chi connectivity index (χ3v) is 1.92. The van der Waals surface area contributed by atoms with Crippen molar-refractivity contribution in [3.05, 3.63) is 29.3 Å². The lowest BCUT2D eigenvalue weighted by molar-refractivity contribution is 0.186. The average molecular weight is 181 g/mol. The van der Waals surface area contributed by atoms with E-state index < -0.39 is 6.10 Å². The van der Waals surface area contributed by atoms with Crippen molar-refractivity contribution >= 4 is 0 Å². The Morgan fingerprint density at radius 3 is 2.69 bits per heavy atom. The fraction of sp³-hybridized carbons (Fsp3) is 0.400. The lowest BCUT2D eigenvalue weighted by Gasteiger charge is -2.10. The molecule has 0 saturated heterocycles. The molecule has 1 aromatic carbocycles. The van der Waals surface area contributed by atoms with Crippen LogP contribution in [0.5, 0.6) is 5.75 Å². The number of hydrogen-bond acceptors (Lipinski definition) is 3. The maximum absolute atomic E-state index is 9.49. The van der Waals surface area contributed by atoms with Crippen LogP contribution in [-0.2, 0) is 0 Å². The molecule has 0 saturated carbocycles. The van der Waals surface area contributed by atoms with Crippen LogP contribution in [0.3, 0.4) is 0 Å². The SMILES string of the molecule is COc1cc(C)cc(C(O)CN)c1. The highest BCUT2D eigenvalue weighted by Gasteiger charge is 2.06. The summed E-state index contributed by atoms with van der Waals surface area (Å²) in [7, 11) is 1.60. The second-order valence-corrected chi connectivity index (χ2v) is 3.04. The van der Waals surface area contributed by atoms with Crippen LogP contribution in [0, 0.1) is 6.92 Å². The largest absolute Gasteiger partial charge is 0.497 e. The number of methoxy groups -OCH3 is 1. The van der Waals surface area contributed by atoms with Crippen LogP contribution < -0.4 is 10.5 Å². The van der Waals surface area contributed by atoms with Gasteiger partial charge in [0.05, 0.1) is 13.2 Å². The van der Waals surface area contributed by atoms with Crippen LogP contribution in [0.15, 0.2) is 18.2 Å². The van der Waals surface area contributed by atoms with E-state index in [4.69, 9.17) is 10.5 Å². The Labute approximate surface area is 78.1 Å². The second kappa shape index (κ2) is 4.25. The van der Waals surface area contributed by atoms with Crippen molar-refractivity contribution in [2.45, 2.75) is 13.0 Å². The molecule has 0 bridgehead atoms. The van der Waals surface area contributed by atoms with E-state index in [1.165, 1.54) is 0 Å². The van der Waals surface area contributed by atoms with E-state index >= 15 is 0 Å². The van der Waals surface area contributed by atoms with Gasteiger partial charge in [-0.05, 0) is 30.2 Å². The Morgan fingerprint density at radius 2 is 2.15 bits per heavy atom. The van der Waals surface area contributed by atoms with Crippen molar-refractivity contribution in [2.75, 3.05) is 13.7 Å². The molecule has 0 aliphatic rings. The van der Waals surface area contributed by atoms with Crippen LogP contribution >= 0.6 is 0 Å². The number of aryl methyl sites for hydroxylation is 1. The molecule has 13 heavy (non-hydrogen) atoms. The summed E-state index contributed by atoms with van der Waals surface area (Å²) in [6.07, 6.45) is -0.603. The third kappa shape index (κ3) is 2.44. The van der Waals surface area contributed by atoms with Crippen molar-refractivity contribution in [2.24, 2.45) is 5.73 Å². The normalized spacial score (nSPS) is 12.6. The number of nitrogens with two attached hydrogens (primary N) is 1. The maximum atomic E-state index is 9.49. The van der Waals surface area contributed by atoms with Gasteiger partial charge in [-0.3, -0.25) is 0 Å². The van der Waals surface area contributed by atoms with Gasteiger partial charge in [0.2, 0.25) is 0 Å². The van der Waals surface area contributed by atoms with E-state index in [1.807, 2.05) is 19.1 Å². The summed E-state index contributed by atoms with van der Waals surface area (Å²) in [5, 5.41) is 9.49. The number of hydrogen-bond donors (Lipinski definition) is 2. The minimum absolute atomic E-state index is 0.229. The Morgan fingerprint density at radius 1 is 1.46 bits per heavy atom. The van der Waals surface area contributed by atoms with Gasteiger partial charge < -0.3 is 15.6 Å². The molecule has 1 aromatic rings. The van der Waals surface area contributed by atoms with Gasteiger partial charge >= 0.3 is 0 Å². The fourth-order valence-corrected chi connectivity index (χ4v) is 1.22. The molecule has 1 atom stereocenters. The summed E-state index contributed by atoms with van der Waals surface area (Å²) >= 11 is 0. The van der Waals surface area contributed by atoms with Gasteiger partial charge in [-0.1, -0.05) is 6.07 Å². The molecule has 1 rings (SSSR count). The topological polar surface area (TPSA) is 55.5 Å². The van der Waals surface area contributed by atoms with Crippen molar-refractivity contribution in [3.8, 4) is 5.75 Å². The van der Waals surface area contributed by atoms with Gasteiger partial charge in [0, 0.05) is 6.54 Å². The molecule has 0 radical (unpaired) electrons. The summed E-state index contributed by atoms with van der Waals surface area (Å²) in [5.41, 5.74) is 7.22. The van der Waals surface area contributed by atoms with Gasteiger partial charge in [-0.15, -0.1) is 0 Å². The second-order valence-electron chi connectivity index (χ2n) is 3.04. The van der Waals surface area contributed by atoms with Gasteiger partial charge in [-0.2, -0.15) is 0 Å². The Kier molecular flexibility index (Phi) is 3.28. The molecule has 0 aromatic heterocycles. The molecule has 0 amide bonds. The van der Waals surface area contributed by atoms with Crippen molar-refractivity contribution in [1.82, 2.24) is 0 Å². The third-order valence-electron chi connectivity index (χ3n) is 1.92. The molecule has 0 spiro atoms. The molecule has 72 valence electrons. The van der Waals surface area contributed by atoms with Crippen LogP contribution in [0.25, 0.3) is 0 Å². The molecule has 3 heteroatoms. The van der Waals surface area contributed by atoms with E-state index in [1.54, 1.807) is 13.2 Å². The Balaban J connectivity index is 3.01. The molecule has 0 heterocycles. The highest BCUT2D eigenvalue weighted by Crippen LogP contribution is 2.20. The van der Waals surface area contributed by atoms with Crippen molar-refractivity contribution in [3.63, 3.8) is 0 Å². The lowest BCUT2D eigenvalue weighted by Crippen LogP contribution is -2.11. The molecule has 3 nitrogen and oxygen atoms in total. The zero-order chi connectivity index (χ0) is 9.84. The summed E-state index contributed by atoms with van der Waals surface area (Å²) in [6.45, 7) is 2.18. The first-order chi connectivity index (χ1) is 6.17. The van der Waals surface area contributed by atoms with Crippen molar-refractivity contribution in [1.29, 1.82) is 0 Å². The predicted octanol–water partition coefficient (Wildman–Crippen LogP) is 0.996. The first kappa shape index (κ1) is 10.0. The molecular formula is C10H15NO2. The fourth-order valence-electron chi connectivity index (χ4n) is 1.22. The molecule has 0 aliphatic carbocycles. The van der Waals surface area contributed by atoms with E-state index in [0.29, 0.717) is 0 Å². The highest BCUT2D eigenvalue weighted by molar-refractivity contribution is 5.34. The number of ether oxygens (including phenoxy) is 1. The van der Waals surface area contributed by atoms with E-state index in [0.717, 1.165) is 16.9 Å².